The molecule has 2 saturated heterocycles. The molecule has 4 atom stereocenters. The second-order valence-electron chi connectivity index (χ2n) is 4.21. The highest BCUT2D eigenvalue weighted by molar-refractivity contribution is 4.99. The number of fused-ring (bicyclic) bond motifs is 2. The van der Waals surface area contributed by atoms with Crippen molar-refractivity contribution in [3.05, 3.63) is 0 Å². The molecule has 0 aromatic rings. The van der Waals surface area contributed by atoms with E-state index in [0.717, 1.165) is 19.6 Å². The van der Waals surface area contributed by atoms with Gasteiger partial charge in [-0.05, 0) is 19.3 Å². The van der Waals surface area contributed by atoms with Gasteiger partial charge in [-0.3, -0.25) is 0 Å². The van der Waals surface area contributed by atoms with E-state index in [0.29, 0.717) is 17.9 Å². The molecule has 0 aromatic heterocycles. The monoisotopic (exact) mass is 170 g/mol. The summed E-state index contributed by atoms with van der Waals surface area (Å²) in [5.41, 5.74) is 0.0440. The van der Waals surface area contributed by atoms with E-state index >= 15 is 0 Å². The van der Waals surface area contributed by atoms with Crippen molar-refractivity contribution in [2.45, 2.75) is 38.9 Å². The zero-order valence-corrected chi connectivity index (χ0v) is 8.17. The van der Waals surface area contributed by atoms with Crippen molar-refractivity contribution in [2.24, 2.45) is 11.8 Å². The van der Waals surface area contributed by atoms with Crippen LogP contribution in [0.25, 0.3) is 0 Å². The van der Waals surface area contributed by atoms with Gasteiger partial charge in [0.1, 0.15) is 0 Å². The minimum Gasteiger partial charge on any atom is -0.378 e. The third kappa shape index (κ3) is 0.944. The Hall–Kier alpha value is -0.0800. The van der Waals surface area contributed by atoms with Gasteiger partial charge in [-0.2, -0.15) is 0 Å². The molecule has 2 fully saturated rings. The van der Waals surface area contributed by atoms with Crippen molar-refractivity contribution in [2.75, 3.05) is 13.2 Å². The van der Waals surface area contributed by atoms with Crippen LogP contribution in [0, 0.1) is 11.8 Å². The molecule has 2 heterocycles. The van der Waals surface area contributed by atoms with Crippen LogP contribution in [0.1, 0.15) is 27.2 Å². The van der Waals surface area contributed by atoms with E-state index in [2.05, 4.69) is 20.8 Å². The summed E-state index contributed by atoms with van der Waals surface area (Å²) < 4.78 is 11.6. The molecule has 0 saturated carbocycles. The maximum atomic E-state index is 6.01. The second-order valence-corrected chi connectivity index (χ2v) is 4.21. The molecule has 2 bridgehead atoms. The first-order valence-electron chi connectivity index (χ1n) is 4.95. The summed E-state index contributed by atoms with van der Waals surface area (Å²) in [6.45, 7) is 8.36. The van der Waals surface area contributed by atoms with Gasteiger partial charge in [0.15, 0.2) is 0 Å². The van der Waals surface area contributed by atoms with Crippen LogP contribution in [0.5, 0.6) is 0 Å². The van der Waals surface area contributed by atoms with Gasteiger partial charge in [0.2, 0.25) is 0 Å². The summed E-state index contributed by atoms with van der Waals surface area (Å²) in [5, 5.41) is 0. The molecule has 70 valence electrons. The largest absolute Gasteiger partial charge is 0.378 e. The molecular weight excluding hydrogens is 152 g/mol. The Labute approximate surface area is 74.2 Å². The highest BCUT2D eigenvalue weighted by atomic mass is 16.6. The number of hydrogen-bond donors (Lipinski definition) is 0. The Morgan fingerprint density at radius 1 is 1.42 bits per heavy atom. The lowest BCUT2D eigenvalue weighted by molar-refractivity contribution is -0.104. The van der Waals surface area contributed by atoms with Crippen molar-refractivity contribution in [3.63, 3.8) is 0 Å². The lowest BCUT2D eigenvalue weighted by Gasteiger charge is -2.36. The Morgan fingerprint density at radius 3 is 2.75 bits per heavy atom. The lowest BCUT2D eigenvalue weighted by atomic mass is 9.78. The molecule has 2 aliphatic heterocycles. The highest BCUT2D eigenvalue weighted by Gasteiger charge is 2.52. The van der Waals surface area contributed by atoms with E-state index in [9.17, 15) is 0 Å². The van der Waals surface area contributed by atoms with Gasteiger partial charge in [-0.25, -0.2) is 0 Å². The zero-order chi connectivity index (χ0) is 8.77. The van der Waals surface area contributed by atoms with Crippen molar-refractivity contribution in [1.29, 1.82) is 0 Å². The first-order chi connectivity index (χ1) is 5.69. The third-order valence-electron chi connectivity index (χ3n) is 3.75. The number of hydrogen-bond acceptors (Lipinski definition) is 2. The molecule has 2 aliphatic rings. The van der Waals surface area contributed by atoms with Crippen LogP contribution in [0.2, 0.25) is 0 Å². The van der Waals surface area contributed by atoms with Crippen LogP contribution in [-0.2, 0) is 9.47 Å². The van der Waals surface area contributed by atoms with Gasteiger partial charge in [0.25, 0.3) is 0 Å². The first-order valence-corrected chi connectivity index (χ1v) is 4.95. The van der Waals surface area contributed by atoms with Gasteiger partial charge < -0.3 is 9.47 Å². The minimum atomic E-state index is 0.0440. The fraction of sp³-hybridized carbons (Fsp3) is 1.00. The Balaban J connectivity index is 2.24. The lowest BCUT2D eigenvalue weighted by Crippen LogP contribution is -2.44. The van der Waals surface area contributed by atoms with Crippen LogP contribution in [0.15, 0.2) is 0 Å². The average molecular weight is 170 g/mol. The molecule has 12 heavy (non-hydrogen) atoms. The van der Waals surface area contributed by atoms with E-state index in [1.807, 2.05) is 0 Å². The fourth-order valence-electron chi connectivity index (χ4n) is 2.68. The van der Waals surface area contributed by atoms with Crippen LogP contribution >= 0.6 is 0 Å². The summed E-state index contributed by atoms with van der Waals surface area (Å²) in [5.74, 6) is 1.30. The van der Waals surface area contributed by atoms with Crippen LogP contribution in [0.4, 0.5) is 0 Å². The van der Waals surface area contributed by atoms with Gasteiger partial charge >= 0.3 is 0 Å². The van der Waals surface area contributed by atoms with E-state index in [-0.39, 0.29) is 5.60 Å². The van der Waals surface area contributed by atoms with Crippen molar-refractivity contribution in [1.82, 2.24) is 0 Å². The Bertz CT molecular complexity index is 181. The summed E-state index contributed by atoms with van der Waals surface area (Å²) >= 11 is 0. The minimum absolute atomic E-state index is 0.0440. The Morgan fingerprint density at radius 2 is 2.17 bits per heavy atom. The van der Waals surface area contributed by atoms with Crippen molar-refractivity contribution >= 4 is 0 Å². The number of ether oxygens (including phenoxy) is 2. The predicted octanol–water partition coefficient (Wildman–Crippen LogP) is 1.84. The summed E-state index contributed by atoms with van der Waals surface area (Å²) in [6.07, 6.45) is 1.47. The molecule has 0 radical (unpaired) electrons. The molecule has 2 rings (SSSR count). The molecule has 0 spiro atoms. The molecular formula is C10H18O2. The zero-order valence-electron chi connectivity index (χ0n) is 8.17. The van der Waals surface area contributed by atoms with Crippen molar-refractivity contribution < 1.29 is 9.47 Å². The van der Waals surface area contributed by atoms with Gasteiger partial charge in [-0.15, -0.1) is 0 Å². The molecule has 0 aliphatic carbocycles. The summed E-state index contributed by atoms with van der Waals surface area (Å²) in [7, 11) is 0. The standard InChI is InChI=1S/C10H18O2/c1-4-10-6-11-5-9(7(10)2)8(3)12-10/h7-9H,4-6H2,1-3H3. The molecule has 2 nitrogen and oxygen atoms in total. The maximum Gasteiger partial charge on any atom is 0.0945 e. The van der Waals surface area contributed by atoms with Crippen LogP contribution in [0.3, 0.4) is 0 Å². The molecule has 2 heteroatoms. The van der Waals surface area contributed by atoms with E-state index < -0.39 is 0 Å². The summed E-state index contributed by atoms with van der Waals surface area (Å²) in [6, 6.07) is 0. The topological polar surface area (TPSA) is 18.5 Å². The van der Waals surface area contributed by atoms with Crippen LogP contribution < -0.4 is 0 Å². The van der Waals surface area contributed by atoms with Gasteiger partial charge in [0.05, 0.1) is 24.9 Å². The quantitative estimate of drug-likeness (QED) is 0.598. The highest BCUT2D eigenvalue weighted by Crippen LogP contribution is 2.45. The van der Waals surface area contributed by atoms with E-state index in [1.54, 1.807) is 0 Å². The molecule has 4 unspecified atom stereocenters. The maximum absolute atomic E-state index is 6.01. The normalized spacial score (nSPS) is 52.8. The van der Waals surface area contributed by atoms with Gasteiger partial charge in [-0.1, -0.05) is 13.8 Å². The fourth-order valence-corrected chi connectivity index (χ4v) is 2.68. The molecule has 0 amide bonds. The van der Waals surface area contributed by atoms with E-state index in [4.69, 9.17) is 9.47 Å². The van der Waals surface area contributed by atoms with Gasteiger partial charge in [0, 0.05) is 5.92 Å². The smallest absolute Gasteiger partial charge is 0.0945 e. The molecule has 0 N–H and O–H groups in total. The molecule has 0 aromatic carbocycles. The third-order valence-corrected chi connectivity index (χ3v) is 3.75. The second kappa shape index (κ2) is 2.71. The Kier molecular flexibility index (Phi) is 1.92. The van der Waals surface area contributed by atoms with E-state index in [1.165, 1.54) is 0 Å². The number of rotatable bonds is 1. The summed E-state index contributed by atoms with van der Waals surface area (Å²) in [4.78, 5) is 0. The SMILES string of the molecule is CCC12COCC(C(C)O1)C2C. The van der Waals surface area contributed by atoms with Crippen LogP contribution in [-0.4, -0.2) is 24.9 Å². The predicted molar refractivity (Wildman–Crippen MR) is 47.0 cm³/mol. The average Bonchev–Trinajstić information content (AvgIpc) is 2.23. The first kappa shape index (κ1) is 8.52. The van der Waals surface area contributed by atoms with Crippen molar-refractivity contribution in [3.8, 4) is 0 Å².